The Kier molecular flexibility index (Phi) is 2.70. The van der Waals surface area contributed by atoms with Crippen LogP contribution in [0.15, 0.2) is 58.3 Å². The highest BCUT2D eigenvalue weighted by Crippen LogP contribution is 2.76. The van der Waals surface area contributed by atoms with Crippen LogP contribution in [0.25, 0.3) is 0 Å². The molecule has 0 atom stereocenters. The second-order valence-electron chi connectivity index (χ2n) is 6.38. The zero-order valence-electron chi connectivity index (χ0n) is 12.0. The summed E-state index contributed by atoms with van der Waals surface area (Å²) in [6.07, 6.45) is 0. The van der Waals surface area contributed by atoms with Gasteiger partial charge in [0.25, 0.3) is 0 Å². The molecule has 0 radical (unpaired) electrons. The Morgan fingerprint density at radius 3 is 1.38 bits per heavy atom. The van der Waals surface area contributed by atoms with Crippen LogP contribution in [0.3, 0.4) is 0 Å². The van der Waals surface area contributed by atoms with Crippen molar-refractivity contribution in [1.29, 1.82) is 0 Å². The molecule has 2 aromatic carbocycles. The number of fused-ring (bicyclic) bond motifs is 8. The van der Waals surface area contributed by atoms with Crippen LogP contribution >= 0.6 is 31.9 Å². The number of hydrogen-bond acceptors (Lipinski definition) is 4. The minimum Gasteiger partial charge on any atom is -0.223 e. The van der Waals surface area contributed by atoms with Crippen LogP contribution in [0.2, 0.25) is 0 Å². The van der Waals surface area contributed by atoms with Gasteiger partial charge >= 0.3 is 0 Å². The Morgan fingerprint density at radius 1 is 0.667 bits per heavy atom. The number of alkyl halides is 2. The van der Waals surface area contributed by atoms with Crippen LogP contribution in [-0.4, -0.2) is 27.3 Å². The first-order valence-corrected chi connectivity index (χ1v) is 11.9. The minimum atomic E-state index is -3.67. The summed E-state index contributed by atoms with van der Waals surface area (Å²) in [5, 5.41) is -1.81. The minimum absolute atomic E-state index is 0.216. The molecule has 4 nitrogen and oxygen atoms in total. The molecule has 0 aromatic heterocycles. The van der Waals surface area contributed by atoms with Gasteiger partial charge < -0.3 is 0 Å². The third-order valence-electron chi connectivity index (χ3n) is 5.36. The van der Waals surface area contributed by atoms with E-state index in [1.807, 2.05) is 0 Å². The van der Waals surface area contributed by atoms with E-state index < -0.39 is 38.8 Å². The normalized spacial score (nSPS) is 39.2. The molecule has 24 heavy (non-hydrogen) atoms. The summed E-state index contributed by atoms with van der Waals surface area (Å²) in [5.74, 6) is 0. The van der Waals surface area contributed by atoms with Crippen molar-refractivity contribution >= 4 is 51.5 Å². The van der Waals surface area contributed by atoms with Crippen LogP contribution in [0.4, 0.5) is 0 Å². The molecular formula is C16H10Br2O4S2. The lowest BCUT2D eigenvalue weighted by molar-refractivity contribution is 0.313. The van der Waals surface area contributed by atoms with Gasteiger partial charge in [0.15, 0.2) is 19.7 Å². The molecule has 0 saturated heterocycles. The van der Waals surface area contributed by atoms with Crippen molar-refractivity contribution in [3.05, 3.63) is 59.7 Å². The monoisotopic (exact) mass is 488 g/mol. The first-order chi connectivity index (χ1) is 11.2. The maximum atomic E-state index is 13.2. The molecule has 124 valence electrons. The fourth-order valence-electron chi connectivity index (χ4n) is 4.57. The van der Waals surface area contributed by atoms with E-state index in [4.69, 9.17) is 0 Å². The van der Waals surface area contributed by atoms with Crippen molar-refractivity contribution in [2.75, 3.05) is 0 Å². The molecule has 2 aliphatic heterocycles. The quantitative estimate of drug-likeness (QED) is 0.533. The first-order valence-electron chi connectivity index (χ1n) is 7.23. The molecule has 0 unspecified atom stereocenters. The molecule has 1 saturated carbocycles. The second-order valence-corrected chi connectivity index (χ2v) is 13.0. The summed E-state index contributed by atoms with van der Waals surface area (Å²) >= 11 is 7.11. The van der Waals surface area contributed by atoms with E-state index in [0.717, 1.165) is 0 Å². The summed E-state index contributed by atoms with van der Waals surface area (Å²) in [4.78, 5) is 0.431. The Labute approximate surface area is 156 Å². The van der Waals surface area contributed by atoms with Gasteiger partial charge in [-0.3, -0.25) is 0 Å². The first kappa shape index (κ1) is 15.5. The molecule has 1 fully saturated rings. The summed E-state index contributed by atoms with van der Waals surface area (Å²) < 4.78 is 50.4. The van der Waals surface area contributed by atoms with Gasteiger partial charge in [0.1, 0.15) is 10.5 Å². The van der Waals surface area contributed by atoms with E-state index in [9.17, 15) is 16.8 Å². The van der Waals surface area contributed by atoms with Crippen LogP contribution in [-0.2, 0) is 28.3 Å². The van der Waals surface area contributed by atoms with Gasteiger partial charge in [0.2, 0.25) is 0 Å². The van der Waals surface area contributed by atoms with Crippen molar-refractivity contribution in [3.63, 3.8) is 0 Å². The fourth-order valence-corrected chi connectivity index (χ4v) is 15.7. The van der Waals surface area contributed by atoms with E-state index in [-0.39, 0.29) is 9.79 Å². The smallest absolute Gasteiger partial charge is 0.185 e. The summed E-state index contributed by atoms with van der Waals surface area (Å²) in [6, 6.07) is 13.3. The Hall–Kier alpha value is -0.700. The maximum absolute atomic E-state index is 13.2. The molecule has 1 aliphatic carbocycles. The highest BCUT2D eigenvalue weighted by Gasteiger charge is 2.85. The van der Waals surface area contributed by atoms with Crippen molar-refractivity contribution < 1.29 is 16.8 Å². The second kappa shape index (κ2) is 4.16. The van der Waals surface area contributed by atoms with E-state index in [1.165, 1.54) is 0 Å². The average Bonchev–Trinajstić information content (AvgIpc) is 2.78. The Balaban J connectivity index is 1.93. The highest BCUT2D eigenvalue weighted by atomic mass is 79.9. The van der Waals surface area contributed by atoms with Crippen LogP contribution < -0.4 is 0 Å². The van der Waals surface area contributed by atoms with Gasteiger partial charge in [0.05, 0.1) is 18.4 Å². The van der Waals surface area contributed by atoms with Gasteiger partial charge in [-0.25, -0.2) is 16.8 Å². The topological polar surface area (TPSA) is 68.3 Å². The summed E-state index contributed by atoms with van der Waals surface area (Å²) in [5.41, 5.74) is 1.07. The molecule has 0 spiro atoms. The zero-order valence-corrected chi connectivity index (χ0v) is 16.8. The molecule has 3 aliphatic rings. The lowest BCUT2D eigenvalue weighted by Gasteiger charge is -2.55. The summed E-state index contributed by atoms with van der Waals surface area (Å²) in [6.45, 7) is 0. The van der Waals surface area contributed by atoms with Crippen molar-refractivity contribution in [1.82, 2.24) is 0 Å². The van der Waals surface area contributed by atoms with Crippen molar-refractivity contribution in [2.45, 2.75) is 28.9 Å². The van der Waals surface area contributed by atoms with Crippen molar-refractivity contribution in [2.24, 2.45) is 0 Å². The van der Waals surface area contributed by atoms with Crippen LogP contribution in [0.1, 0.15) is 11.1 Å². The summed E-state index contributed by atoms with van der Waals surface area (Å²) in [7, 11) is -7.34. The number of sulfone groups is 2. The molecule has 5 rings (SSSR count). The largest absolute Gasteiger partial charge is 0.223 e. The van der Waals surface area contributed by atoms with Crippen molar-refractivity contribution in [3.8, 4) is 0 Å². The Bertz CT molecular complexity index is 1040. The third-order valence-corrected chi connectivity index (χ3v) is 13.9. The predicted octanol–water partition coefficient (Wildman–Crippen LogP) is 2.89. The van der Waals surface area contributed by atoms with E-state index in [1.54, 1.807) is 48.5 Å². The fraction of sp³-hybridized carbons (Fsp3) is 0.250. The Morgan fingerprint density at radius 2 is 1.00 bits per heavy atom. The number of rotatable bonds is 0. The van der Waals surface area contributed by atoms with Gasteiger partial charge in [-0.2, -0.15) is 0 Å². The average molecular weight is 490 g/mol. The van der Waals surface area contributed by atoms with E-state index in [0.29, 0.717) is 11.1 Å². The SMILES string of the molecule is O=S1(=O)c2ccccc2C2(Br)C1C1(Br)c3ccccc3S(=O)(=O)C21. The van der Waals surface area contributed by atoms with E-state index >= 15 is 0 Å². The lowest BCUT2D eigenvalue weighted by atomic mass is 9.67. The molecule has 2 heterocycles. The standard InChI is InChI=1S/C16H10Br2O4S2/c17-15-9-5-1-3-7-11(9)23(19,20)13(15)16(18)10-6-2-4-8-12(10)24(21,22)14(15)16/h1-8,13-14H. The maximum Gasteiger partial charge on any atom is 0.185 e. The van der Waals surface area contributed by atoms with Gasteiger partial charge in [-0.05, 0) is 23.3 Å². The number of hydrogen-bond donors (Lipinski definition) is 0. The number of benzene rings is 2. The zero-order chi connectivity index (χ0) is 17.1. The molecular weight excluding hydrogens is 480 g/mol. The molecule has 0 bridgehead atoms. The third kappa shape index (κ3) is 1.33. The predicted molar refractivity (Wildman–Crippen MR) is 96.0 cm³/mol. The lowest BCUT2D eigenvalue weighted by Crippen LogP contribution is -2.71. The van der Waals surface area contributed by atoms with Crippen LogP contribution in [0.5, 0.6) is 0 Å². The van der Waals surface area contributed by atoms with E-state index in [2.05, 4.69) is 31.9 Å². The molecule has 8 heteroatoms. The van der Waals surface area contributed by atoms with Gasteiger partial charge in [0, 0.05) is 0 Å². The highest BCUT2D eigenvalue weighted by molar-refractivity contribution is 9.11. The number of halogens is 2. The van der Waals surface area contributed by atoms with Gasteiger partial charge in [-0.1, -0.05) is 68.3 Å². The van der Waals surface area contributed by atoms with Crippen LogP contribution in [0, 0.1) is 0 Å². The molecule has 2 aromatic rings. The molecule has 0 N–H and O–H groups in total. The van der Waals surface area contributed by atoms with Gasteiger partial charge in [-0.15, -0.1) is 0 Å². The molecule has 0 amide bonds.